The van der Waals surface area contributed by atoms with E-state index in [0.29, 0.717) is 19.5 Å². The Kier molecular flexibility index (Phi) is 4.88. The fourth-order valence-corrected chi connectivity index (χ4v) is 3.89. The number of likely N-dealkylation sites (tertiary alicyclic amines) is 1. The first-order valence-electron chi connectivity index (χ1n) is 8.68. The molecule has 1 aromatic carbocycles. The number of hydrogen-bond donors (Lipinski definition) is 1. The molecule has 4 unspecified atom stereocenters. The Morgan fingerprint density at radius 2 is 1.92 bits per heavy atom. The van der Waals surface area contributed by atoms with Crippen molar-refractivity contribution in [2.24, 2.45) is 17.8 Å². The zero-order chi connectivity index (χ0) is 18.1. The van der Waals surface area contributed by atoms with E-state index >= 15 is 0 Å². The number of rotatable bonds is 5. The van der Waals surface area contributed by atoms with E-state index in [-0.39, 0.29) is 23.7 Å². The van der Waals surface area contributed by atoms with Crippen molar-refractivity contribution in [1.29, 1.82) is 0 Å². The number of carbonyl (C=O) groups excluding carboxylic acids is 1. The molecule has 1 amide bonds. The molecule has 6 nitrogen and oxygen atoms in total. The van der Waals surface area contributed by atoms with Gasteiger partial charge in [-0.25, -0.2) is 0 Å². The van der Waals surface area contributed by atoms with Crippen LogP contribution < -0.4 is 9.47 Å². The Labute approximate surface area is 147 Å². The van der Waals surface area contributed by atoms with E-state index in [4.69, 9.17) is 9.47 Å². The molecule has 1 N–H and O–H groups in total. The first kappa shape index (κ1) is 17.6. The van der Waals surface area contributed by atoms with Crippen LogP contribution in [-0.2, 0) is 9.59 Å². The van der Waals surface area contributed by atoms with Gasteiger partial charge in [-0.1, -0.05) is 6.92 Å². The van der Waals surface area contributed by atoms with Crippen LogP contribution in [0.15, 0.2) is 18.2 Å². The molecule has 2 fully saturated rings. The van der Waals surface area contributed by atoms with E-state index in [9.17, 15) is 14.7 Å². The van der Waals surface area contributed by atoms with Crippen LogP contribution in [0.3, 0.4) is 0 Å². The molecule has 1 saturated carbocycles. The van der Waals surface area contributed by atoms with Crippen LogP contribution in [0.1, 0.15) is 31.2 Å². The van der Waals surface area contributed by atoms with Gasteiger partial charge in [0.15, 0.2) is 0 Å². The Morgan fingerprint density at radius 1 is 1.16 bits per heavy atom. The minimum atomic E-state index is -0.814. The molecule has 6 heteroatoms. The highest BCUT2D eigenvalue weighted by molar-refractivity contribution is 5.84. The molecule has 136 valence electrons. The standard InChI is InChI=1S/C19H25NO5/c1-11-6-12(19(22)23)10-20(9-11)18(21)16-8-14(16)15-7-13(24-2)4-5-17(15)25-3/h4-5,7,11-12,14,16H,6,8-10H2,1-3H3,(H,22,23). The average Bonchev–Trinajstić information content (AvgIpc) is 3.40. The molecule has 2 aliphatic rings. The quantitative estimate of drug-likeness (QED) is 0.885. The number of piperidine rings is 1. The fourth-order valence-electron chi connectivity index (χ4n) is 3.89. The third-order valence-electron chi connectivity index (χ3n) is 5.26. The molecule has 0 aromatic heterocycles. The van der Waals surface area contributed by atoms with Gasteiger partial charge in [0.05, 0.1) is 20.1 Å². The SMILES string of the molecule is COc1ccc(OC)c(C2CC2C(=O)N2CC(C)CC(C(=O)O)C2)c1. The molecular formula is C19H25NO5. The summed E-state index contributed by atoms with van der Waals surface area (Å²) in [7, 11) is 3.23. The number of benzene rings is 1. The number of hydrogen-bond acceptors (Lipinski definition) is 4. The summed E-state index contributed by atoms with van der Waals surface area (Å²) in [6.07, 6.45) is 1.40. The second kappa shape index (κ2) is 6.94. The van der Waals surface area contributed by atoms with Crippen LogP contribution in [0.4, 0.5) is 0 Å². The van der Waals surface area contributed by atoms with Gasteiger partial charge < -0.3 is 19.5 Å². The molecule has 0 radical (unpaired) electrons. The highest BCUT2D eigenvalue weighted by Crippen LogP contribution is 2.52. The molecule has 3 rings (SSSR count). The maximum Gasteiger partial charge on any atom is 0.308 e. The van der Waals surface area contributed by atoms with E-state index in [2.05, 4.69) is 0 Å². The molecule has 0 bridgehead atoms. The van der Waals surface area contributed by atoms with Crippen LogP contribution in [-0.4, -0.2) is 49.2 Å². The number of carboxylic acids is 1. The van der Waals surface area contributed by atoms with Crippen molar-refractivity contribution in [3.8, 4) is 11.5 Å². The Hall–Kier alpha value is -2.24. The van der Waals surface area contributed by atoms with Gasteiger partial charge in [0.1, 0.15) is 11.5 Å². The lowest BCUT2D eigenvalue weighted by Crippen LogP contribution is -2.46. The van der Waals surface area contributed by atoms with Crippen LogP contribution in [0.2, 0.25) is 0 Å². The third-order valence-corrected chi connectivity index (χ3v) is 5.26. The van der Waals surface area contributed by atoms with Crippen LogP contribution >= 0.6 is 0 Å². The van der Waals surface area contributed by atoms with Crippen molar-refractivity contribution in [1.82, 2.24) is 4.90 Å². The van der Waals surface area contributed by atoms with Crippen molar-refractivity contribution in [3.63, 3.8) is 0 Å². The van der Waals surface area contributed by atoms with E-state index < -0.39 is 11.9 Å². The van der Waals surface area contributed by atoms with Gasteiger partial charge in [0, 0.05) is 30.5 Å². The Morgan fingerprint density at radius 3 is 2.56 bits per heavy atom. The molecule has 0 spiro atoms. The van der Waals surface area contributed by atoms with E-state index in [1.54, 1.807) is 19.1 Å². The molecular weight excluding hydrogens is 322 g/mol. The molecule has 1 aliphatic carbocycles. The number of aliphatic carboxylic acids is 1. The van der Waals surface area contributed by atoms with Crippen LogP contribution in [0.5, 0.6) is 11.5 Å². The molecule has 1 aliphatic heterocycles. The van der Waals surface area contributed by atoms with Gasteiger partial charge >= 0.3 is 5.97 Å². The number of carbonyl (C=O) groups is 2. The maximum absolute atomic E-state index is 12.9. The number of ether oxygens (including phenoxy) is 2. The summed E-state index contributed by atoms with van der Waals surface area (Å²) in [5.41, 5.74) is 0.986. The topological polar surface area (TPSA) is 76.1 Å². The predicted molar refractivity (Wildman–Crippen MR) is 91.9 cm³/mol. The van der Waals surface area contributed by atoms with Gasteiger partial charge in [-0.15, -0.1) is 0 Å². The van der Waals surface area contributed by atoms with Gasteiger partial charge in [-0.05, 0) is 37.0 Å². The summed E-state index contributed by atoms with van der Waals surface area (Å²) >= 11 is 0. The number of nitrogens with zero attached hydrogens (tertiary/aromatic N) is 1. The van der Waals surface area contributed by atoms with E-state index in [0.717, 1.165) is 23.5 Å². The lowest BCUT2D eigenvalue weighted by atomic mass is 9.90. The summed E-state index contributed by atoms with van der Waals surface area (Å²) in [6, 6.07) is 5.62. The minimum Gasteiger partial charge on any atom is -0.497 e. The second-order valence-electron chi connectivity index (χ2n) is 7.18. The zero-order valence-electron chi connectivity index (χ0n) is 14.9. The summed E-state index contributed by atoms with van der Waals surface area (Å²) in [5.74, 6) is 0.513. The summed E-state index contributed by atoms with van der Waals surface area (Å²) < 4.78 is 10.7. The van der Waals surface area contributed by atoms with Crippen molar-refractivity contribution in [2.45, 2.75) is 25.7 Å². The normalized spacial score (nSPS) is 28.4. The third kappa shape index (κ3) is 3.57. The summed E-state index contributed by atoms with van der Waals surface area (Å²) in [4.78, 5) is 25.9. The van der Waals surface area contributed by atoms with Crippen LogP contribution in [0.25, 0.3) is 0 Å². The average molecular weight is 347 g/mol. The minimum absolute atomic E-state index is 0.0627. The van der Waals surface area contributed by atoms with Crippen molar-refractivity contribution in [3.05, 3.63) is 23.8 Å². The summed E-state index contributed by atoms with van der Waals surface area (Å²) in [5, 5.41) is 9.30. The maximum atomic E-state index is 12.9. The summed E-state index contributed by atoms with van der Waals surface area (Å²) in [6.45, 7) is 2.96. The monoisotopic (exact) mass is 347 g/mol. The lowest BCUT2D eigenvalue weighted by molar-refractivity contribution is -0.147. The molecule has 4 atom stereocenters. The number of carboxylic acid groups (broad SMARTS) is 1. The van der Waals surface area contributed by atoms with Gasteiger partial charge in [0.2, 0.25) is 5.91 Å². The van der Waals surface area contributed by atoms with Gasteiger partial charge in [-0.3, -0.25) is 9.59 Å². The second-order valence-corrected chi connectivity index (χ2v) is 7.18. The van der Waals surface area contributed by atoms with Crippen LogP contribution in [0, 0.1) is 17.8 Å². The first-order chi connectivity index (χ1) is 11.9. The molecule has 1 aromatic rings. The largest absolute Gasteiger partial charge is 0.497 e. The molecule has 1 saturated heterocycles. The van der Waals surface area contributed by atoms with Gasteiger partial charge in [-0.2, -0.15) is 0 Å². The highest BCUT2D eigenvalue weighted by Gasteiger charge is 2.48. The number of methoxy groups -OCH3 is 2. The van der Waals surface area contributed by atoms with E-state index in [1.165, 1.54) is 0 Å². The fraction of sp³-hybridized carbons (Fsp3) is 0.579. The lowest BCUT2D eigenvalue weighted by Gasteiger charge is -2.35. The van der Waals surface area contributed by atoms with Gasteiger partial charge in [0.25, 0.3) is 0 Å². The van der Waals surface area contributed by atoms with Crippen molar-refractivity contribution >= 4 is 11.9 Å². The van der Waals surface area contributed by atoms with Crippen molar-refractivity contribution < 1.29 is 24.2 Å². The highest BCUT2D eigenvalue weighted by atomic mass is 16.5. The smallest absolute Gasteiger partial charge is 0.308 e. The first-order valence-corrected chi connectivity index (χ1v) is 8.68. The predicted octanol–water partition coefficient (Wildman–Crippen LogP) is 2.38. The van der Waals surface area contributed by atoms with E-state index in [1.807, 2.05) is 25.1 Å². The Balaban J connectivity index is 1.73. The molecule has 25 heavy (non-hydrogen) atoms. The molecule has 1 heterocycles. The number of amides is 1. The zero-order valence-corrected chi connectivity index (χ0v) is 14.9. The Bertz CT molecular complexity index is 674. The van der Waals surface area contributed by atoms with Crippen molar-refractivity contribution in [2.75, 3.05) is 27.3 Å².